The number of cyclic esters (lactones) is 1. The van der Waals surface area contributed by atoms with Gasteiger partial charge in [0.2, 0.25) is 0 Å². The number of carbonyl (C=O) groups excluding carboxylic acids is 2. The summed E-state index contributed by atoms with van der Waals surface area (Å²) < 4.78 is 5.98. The van der Waals surface area contributed by atoms with E-state index in [1.54, 1.807) is 18.5 Å². The molecule has 0 aliphatic carbocycles. The summed E-state index contributed by atoms with van der Waals surface area (Å²) in [4.78, 5) is 32.2. The fourth-order valence-corrected chi connectivity index (χ4v) is 3.67. The Morgan fingerprint density at radius 1 is 1.35 bits per heavy atom. The number of ether oxygens (including phenoxy) is 1. The highest BCUT2D eigenvalue weighted by molar-refractivity contribution is 9.10. The molecule has 0 unspecified atom stereocenters. The van der Waals surface area contributed by atoms with Crippen molar-refractivity contribution in [1.82, 2.24) is 14.8 Å². The van der Waals surface area contributed by atoms with Gasteiger partial charge in [-0.2, -0.15) is 0 Å². The number of pyridine rings is 1. The van der Waals surface area contributed by atoms with Gasteiger partial charge in [-0.05, 0) is 48.7 Å². The number of aromatic nitrogens is 1. The van der Waals surface area contributed by atoms with Crippen molar-refractivity contribution in [1.29, 1.82) is 0 Å². The molecule has 2 saturated heterocycles. The third-order valence-corrected chi connectivity index (χ3v) is 4.90. The van der Waals surface area contributed by atoms with E-state index in [4.69, 9.17) is 4.74 Å². The largest absolute Gasteiger partial charge is 0.447 e. The molecule has 0 radical (unpaired) electrons. The van der Waals surface area contributed by atoms with Gasteiger partial charge in [0.1, 0.15) is 6.61 Å². The zero-order valence-corrected chi connectivity index (χ0v) is 14.9. The summed E-state index contributed by atoms with van der Waals surface area (Å²) in [6.45, 7) is 5.73. The van der Waals surface area contributed by atoms with Crippen molar-refractivity contribution in [2.75, 3.05) is 19.7 Å². The Balaban J connectivity index is 1.64. The molecule has 0 saturated carbocycles. The molecule has 3 rings (SSSR count). The van der Waals surface area contributed by atoms with Crippen LogP contribution in [0.25, 0.3) is 0 Å². The van der Waals surface area contributed by atoms with Crippen molar-refractivity contribution in [3.8, 4) is 0 Å². The Hall–Kier alpha value is -1.63. The number of nitrogens with zero attached hydrogens (tertiary/aromatic N) is 3. The molecule has 2 fully saturated rings. The highest BCUT2D eigenvalue weighted by Gasteiger charge is 2.44. The molecule has 0 atom stereocenters. The standard InChI is InChI=1S/C16H20BrN3O3/c1-16(2)10-23-15(22)20(16)13-3-5-19(6-4-13)14(21)11-7-12(17)9-18-8-11/h7-9,13H,3-6,10H2,1-2H3. The van der Waals surface area contributed by atoms with Crippen LogP contribution < -0.4 is 0 Å². The first-order valence-electron chi connectivity index (χ1n) is 7.74. The van der Waals surface area contributed by atoms with Crippen LogP contribution in [0.5, 0.6) is 0 Å². The third-order valence-electron chi connectivity index (χ3n) is 4.47. The van der Waals surface area contributed by atoms with E-state index >= 15 is 0 Å². The van der Waals surface area contributed by atoms with Crippen molar-refractivity contribution in [2.45, 2.75) is 38.3 Å². The molecule has 0 bridgehead atoms. The monoisotopic (exact) mass is 381 g/mol. The summed E-state index contributed by atoms with van der Waals surface area (Å²) in [5.74, 6) is -0.0134. The molecule has 2 amide bonds. The van der Waals surface area contributed by atoms with Gasteiger partial charge in [-0.3, -0.25) is 14.7 Å². The molecule has 6 nitrogen and oxygen atoms in total. The van der Waals surface area contributed by atoms with Crippen molar-refractivity contribution >= 4 is 27.9 Å². The number of likely N-dealkylation sites (tertiary alicyclic amines) is 1. The predicted octanol–water partition coefficient (Wildman–Crippen LogP) is 2.68. The fraction of sp³-hybridized carbons (Fsp3) is 0.562. The van der Waals surface area contributed by atoms with Gasteiger partial charge >= 0.3 is 6.09 Å². The number of halogens is 1. The molecule has 2 aliphatic heterocycles. The molecule has 124 valence electrons. The van der Waals surface area contributed by atoms with Gasteiger partial charge in [0.25, 0.3) is 5.91 Å². The van der Waals surface area contributed by atoms with Crippen molar-refractivity contribution in [3.63, 3.8) is 0 Å². The SMILES string of the molecule is CC1(C)COC(=O)N1C1CCN(C(=O)c2cncc(Br)c2)CC1. The summed E-state index contributed by atoms with van der Waals surface area (Å²) in [5.41, 5.74) is 0.307. The van der Waals surface area contributed by atoms with E-state index in [1.165, 1.54) is 0 Å². The van der Waals surface area contributed by atoms with Gasteiger partial charge in [-0.15, -0.1) is 0 Å². The second-order valence-electron chi connectivity index (χ2n) is 6.65. The number of amides is 2. The van der Waals surface area contributed by atoms with Gasteiger partial charge in [-0.1, -0.05) is 0 Å². The maximum Gasteiger partial charge on any atom is 0.410 e. The Morgan fingerprint density at radius 3 is 2.61 bits per heavy atom. The summed E-state index contributed by atoms with van der Waals surface area (Å²) in [6.07, 6.45) is 4.54. The highest BCUT2D eigenvalue weighted by atomic mass is 79.9. The zero-order chi connectivity index (χ0) is 16.6. The first-order chi connectivity index (χ1) is 10.9. The second kappa shape index (κ2) is 6.11. The summed E-state index contributed by atoms with van der Waals surface area (Å²) in [6, 6.07) is 1.91. The lowest BCUT2D eigenvalue weighted by Crippen LogP contribution is -2.53. The maximum atomic E-state index is 12.5. The molecular weight excluding hydrogens is 362 g/mol. The maximum absolute atomic E-state index is 12.5. The predicted molar refractivity (Wildman–Crippen MR) is 88.1 cm³/mol. The minimum absolute atomic E-state index is 0.0134. The summed E-state index contributed by atoms with van der Waals surface area (Å²) >= 11 is 3.34. The van der Waals surface area contributed by atoms with Gasteiger partial charge in [0, 0.05) is 36.0 Å². The minimum atomic E-state index is -0.276. The minimum Gasteiger partial charge on any atom is -0.447 e. The second-order valence-corrected chi connectivity index (χ2v) is 7.57. The average Bonchev–Trinajstić information content (AvgIpc) is 2.80. The van der Waals surface area contributed by atoms with Crippen LogP contribution in [0.1, 0.15) is 37.0 Å². The van der Waals surface area contributed by atoms with Gasteiger partial charge in [0.15, 0.2) is 0 Å². The van der Waals surface area contributed by atoms with Crippen molar-refractivity contribution < 1.29 is 14.3 Å². The quantitative estimate of drug-likeness (QED) is 0.789. The van der Waals surface area contributed by atoms with Gasteiger partial charge in [0.05, 0.1) is 11.1 Å². The lowest BCUT2D eigenvalue weighted by atomic mass is 9.97. The smallest absolute Gasteiger partial charge is 0.410 e. The van der Waals surface area contributed by atoms with E-state index < -0.39 is 0 Å². The molecular formula is C16H20BrN3O3. The van der Waals surface area contributed by atoms with Crippen LogP contribution in [-0.2, 0) is 4.74 Å². The third kappa shape index (κ3) is 3.20. The van der Waals surface area contributed by atoms with E-state index in [9.17, 15) is 9.59 Å². The van der Waals surface area contributed by atoms with E-state index in [2.05, 4.69) is 20.9 Å². The van der Waals surface area contributed by atoms with Crippen molar-refractivity contribution in [2.24, 2.45) is 0 Å². The fourth-order valence-electron chi connectivity index (χ4n) is 3.31. The Labute approximate surface area is 143 Å². The molecule has 2 aliphatic rings. The normalized spacial score (nSPS) is 21.4. The van der Waals surface area contributed by atoms with Crippen LogP contribution in [-0.4, -0.2) is 58.1 Å². The molecule has 3 heterocycles. The van der Waals surface area contributed by atoms with Crippen LogP contribution in [0.3, 0.4) is 0 Å². The van der Waals surface area contributed by atoms with E-state index in [-0.39, 0.29) is 23.6 Å². The van der Waals surface area contributed by atoms with Crippen LogP contribution >= 0.6 is 15.9 Å². The lowest BCUT2D eigenvalue weighted by Gasteiger charge is -2.40. The first-order valence-corrected chi connectivity index (χ1v) is 8.54. The van der Waals surface area contributed by atoms with E-state index in [1.807, 2.05) is 23.6 Å². The average molecular weight is 382 g/mol. The van der Waals surface area contributed by atoms with Crippen LogP contribution in [0, 0.1) is 0 Å². The number of rotatable bonds is 2. The summed E-state index contributed by atoms with van der Waals surface area (Å²) in [5, 5.41) is 0. The first kappa shape index (κ1) is 16.2. The van der Waals surface area contributed by atoms with Crippen LogP contribution in [0.2, 0.25) is 0 Å². The van der Waals surface area contributed by atoms with Crippen LogP contribution in [0.4, 0.5) is 4.79 Å². The Kier molecular flexibility index (Phi) is 4.31. The molecule has 0 spiro atoms. The molecule has 0 N–H and O–H groups in total. The van der Waals surface area contributed by atoms with E-state index in [0.717, 1.165) is 17.3 Å². The Bertz CT molecular complexity index is 627. The molecule has 23 heavy (non-hydrogen) atoms. The highest BCUT2D eigenvalue weighted by Crippen LogP contribution is 2.30. The van der Waals surface area contributed by atoms with Gasteiger partial charge in [-0.25, -0.2) is 4.79 Å². The van der Waals surface area contributed by atoms with Crippen LogP contribution in [0.15, 0.2) is 22.9 Å². The number of hydrogen-bond acceptors (Lipinski definition) is 4. The van der Waals surface area contributed by atoms with E-state index in [0.29, 0.717) is 25.3 Å². The molecule has 1 aromatic heterocycles. The summed E-state index contributed by atoms with van der Waals surface area (Å²) in [7, 11) is 0. The molecule has 0 aromatic carbocycles. The lowest BCUT2D eigenvalue weighted by molar-refractivity contribution is 0.0589. The number of piperidine rings is 1. The molecule has 1 aromatic rings. The van der Waals surface area contributed by atoms with Gasteiger partial charge < -0.3 is 9.64 Å². The Morgan fingerprint density at radius 2 is 2.04 bits per heavy atom. The number of carbonyl (C=O) groups is 2. The van der Waals surface area contributed by atoms with Crippen molar-refractivity contribution in [3.05, 3.63) is 28.5 Å². The molecule has 7 heteroatoms. The topological polar surface area (TPSA) is 62.7 Å². The number of hydrogen-bond donors (Lipinski definition) is 0. The zero-order valence-electron chi connectivity index (χ0n) is 13.3.